The Labute approximate surface area is 178 Å². The molecule has 0 spiro atoms. The van der Waals surface area contributed by atoms with Gasteiger partial charge >= 0.3 is 0 Å². The molecule has 160 valence electrons. The molecular formula is C22H32N2O3S2. The molecule has 2 heterocycles. The number of thiophene rings is 1. The van der Waals surface area contributed by atoms with Crippen LogP contribution in [0.5, 0.6) is 0 Å². The Hall–Kier alpha value is -0.920. The predicted octanol–water partition coefficient (Wildman–Crippen LogP) is 3.80. The lowest BCUT2D eigenvalue weighted by molar-refractivity contribution is -0.122. The van der Waals surface area contributed by atoms with Crippen molar-refractivity contribution in [3.05, 3.63) is 17.0 Å². The average Bonchev–Trinajstić information content (AvgIpc) is 3.15. The maximum atomic E-state index is 12.8. The fourth-order valence-electron chi connectivity index (χ4n) is 6.84. The summed E-state index contributed by atoms with van der Waals surface area (Å²) in [5.41, 5.74) is 0.336. The number of rotatable bonds is 6. The Kier molecular flexibility index (Phi) is 5.28. The van der Waals surface area contributed by atoms with Crippen molar-refractivity contribution in [3.8, 4) is 0 Å². The Balaban J connectivity index is 1.18. The van der Waals surface area contributed by atoms with Crippen LogP contribution in [0.4, 0.5) is 0 Å². The van der Waals surface area contributed by atoms with Gasteiger partial charge in [-0.25, -0.2) is 8.42 Å². The fourth-order valence-corrected chi connectivity index (χ4v) is 9.86. The number of hydrogen-bond acceptors (Lipinski definition) is 4. The second-order valence-electron chi connectivity index (χ2n) is 10.1. The summed E-state index contributed by atoms with van der Waals surface area (Å²) in [5, 5.41) is 3.21. The molecule has 4 bridgehead atoms. The van der Waals surface area contributed by atoms with E-state index in [-0.39, 0.29) is 12.3 Å². The van der Waals surface area contributed by atoms with Crippen LogP contribution in [0, 0.1) is 23.2 Å². The number of carbonyl (C=O) groups excluding carboxylic acids is 1. The van der Waals surface area contributed by atoms with Crippen molar-refractivity contribution in [3.63, 3.8) is 0 Å². The van der Waals surface area contributed by atoms with Gasteiger partial charge in [0.15, 0.2) is 0 Å². The molecule has 5 aliphatic rings. The quantitative estimate of drug-likeness (QED) is 0.738. The first-order valence-electron chi connectivity index (χ1n) is 11.3. The summed E-state index contributed by atoms with van der Waals surface area (Å²) in [7, 11) is -3.40. The minimum absolute atomic E-state index is 0.0320. The summed E-state index contributed by atoms with van der Waals surface area (Å²) >= 11 is 1.26. The summed E-state index contributed by atoms with van der Waals surface area (Å²) in [6, 6.07) is 3.49. The van der Waals surface area contributed by atoms with E-state index in [2.05, 4.69) is 5.32 Å². The van der Waals surface area contributed by atoms with Crippen molar-refractivity contribution in [2.45, 2.75) is 68.4 Å². The Morgan fingerprint density at radius 2 is 1.66 bits per heavy atom. The van der Waals surface area contributed by atoms with E-state index in [0.29, 0.717) is 22.7 Å². The second kappa shape index (κ2) is 7.65. The summed E-state index contributed by atoms with van der Waals surface area (Å²) in [6.07, 6.45) is 11.4. The molecule has 1 aromatic rings. The summed E-state index contributed by atoms with van der Waals surface area (Å²) in [4.78, 5) is 13.4. The molecule has 1 aromatic heterocycles. The number of piperidine rings is 1. The number of sulfonamides is 1. The number of carbonyl (C=O) groups is 1. The third-order valence-corrected chi connectivity index (χ3v) is 11.2. The van der Waals surface area contributed by atoms with E-state index in [4.69, 9.17) is 0 Å². The van der Waals surface area contributed by atoms with Crippen LogP contribution in [-0.4, -0.2) is 38.3 Å². The van der Waals surface area contributed by atoms with Crippen LogP contribution >= 0.6 is 11.3 Å². The Morgan fingerprint density at radius 3 is 2.28 bits per heavy atom. The summed E-state index contributed by atoms with van der Waals surface area (Å²) in [6.45, 7) is 2.03. The van der Waals surface area contributed by atoms with Crippen LogP contribution in [0.15, 0.2) is 16.3 Å². The van der Waals surface area contributed by atoms with Gasteiger partial charge in [-0.05, 0) is 86.7 Å². The molecule has 4 aliphatic carbocycles. The molecular weight excluding hydrogens is 404 g/mol. The van der Waals surface area contributed by atoms with E-state index in [1.165, 1.54) is 49.9 Å². The molecule has 1 amide bonds. The second-order valence-corrected chi connectivity index (χ2v) is 13.4. The highest BCUT2D eigenvalue weighted by Crippen LogP contribution is 2.59. The molecule has 7 heteroatoms. The monoisotopic (exact) mass is 436 g/mol. The van der Waals surface area contributed by atoms with Gasteiger partial charge in [0.1, 0.15) is 4.21 Å². The number of hydrogen-bond donors (Lipinski definition) is 1. The van der Waals surface area contributed by atoms with Gasteiger partial charge in [-0.1, -0.05) is 6.42 Å². The van der Waals surface area contributed by atoms with Gasteiger partial charge in [-0.2, -0.15) is 4.31 Å². The molecule has 5 nitrogen and oxygen atoms in total. The van der Waals surface area contributed by atoms with Gasteiger partial charge in [-0.3, -0.25) is 4.79 Å². The molecule has 4 saturated carbocycles. The van der Waals surface area contributed by atoms with E-state index in [1.54, 1.807) is 10.4 Å². The lowest BCUT2D eigenvalue weighted by atomic mass is 9.49. The summed E-state index contributed by atoms with van der Waals surface area (Å²) in [5.74, 6) is 2.69. The van der Waals surface area contributed by atoms with Crippen molar-refractivity contribution in [2.75, 3.05) is 19.6 Å². The molecule has 1 saturated heterocycles. The number of amides is 1. The molecule has 5 fully saturated rings. The van der Waals surface area contributed by atoms with Crippen LogP contribution < -0.4 is 5.32 Å². The van der Waals surface area contributed by atoms with Crippen LogP contribution in [0.1, 0.15) is 62.7 Å². The maximum absolute atomic E-state index is 12.8. The zero-order valence-corrected chi connectivity index (χ0v) is 18.7. The third-order valence-electron chi connectivity index (χ3n) is 7.71. The average molecular weight is 437 g/mol. The van der Waals surface area contributed by atoms with Crippen molar-refractivity contribution in [2.24, 2.45) is 23.2 Å². The van der Waals surface area contributed by atoms with E-state index in [9.17, 15) is 13.2 Å². The van der Waals surface area contributed by atoms with Crippen molar-refractivity contribution >= 4 is 27.3 Å². The van der Waals surface area contributed by atoms with Gasteiger partial charge in [0.25, 0.3) is 10.0 Å². The molecule has 6 rings (SSSR count). The first-order valence-corrected chi connectivity index (χ1v) is 13.5. The largest absolute Gasteiger partial charge is 0.355 e. The van der Waals surface area contributed by atoms with E-state index < -0.39 is 10.0 Å². The topological polar surface area (TPSA) is 66.5 Å². The van der Waals surface area contributed by atoms with Gasteiger partial charge < -0.3 is 5.32 Å². The number of nitrogens with one attached hydrogen (secondary N) is 1. The molecule has 29 heavy (non-hydrogen) atoms. The van der Waals surface area contributed by atoms with Crippen molar-refractivity contribution in [1.82, 2.24) is 9.62 Å². The van der Waals surface area contributed by atoms with Crippen molar-refractivity contribution < 1.29 is 13.2 Å². The van der Waals surface area contributed by atoms with Gasteiger partial charge in [0, 0.05) is 24.5 Å². The summed E-state index contributed by atoms with van der Waals surface area (Å²) < 4.78 is 27.6. The van der Waals surface area contributed by atoms with Crippen LogP contribution in [0.3, 0.4) is 0 Å². The molecule has 0 radical (unpaired) electrons. The Morgan fingerprint density at radius 1 is 1.03 bits per heavy atom. The fraction of sp³-hybridized carbons (Fsp3) is 0.773. The van der Waals surface area contributed by atoms with E-state index >= 15 is 0 Å². The van der Waals surface area contributed by atoms with Crippen molar-refractivity contribution in [1.29, 1.82) is 0 Å². The first-order chi connectivity index (χ1) is 13.9. The molecule has 0 atom stereocenters. The smallest absolute Gasteiger partial charge is 0.252 e. The van der Waals surface area contributed by atoms with Gasteiger partial charge in [0.05, 0.1) is 6.42 Å². The highest BCUT2D eigenvalue weighted by Gasteiger charge is 2.50. The third kappa shape index (κ3) is 4.02. The van der Waals surface area contributed by atoms with Gasteiger partial charge in [0.2, 0.25) is 5.91 Å². The highest BCUT2D eigenvalue weighted by atomic mass is 32.2. The predicted molar refractivity (Wildman–Crippen MR) is 114 cm³/mol. The van der Waals surface area contributed by atoms with E-state index in [0.717, 1.165) is 48.4 Å². The van der Waals surface area contributed by atoms with Crippen LogP contribution in [0.25, 0.3) is 0 Å². The zero-order valence-electron chi connectivity index (χ0n) is 17.1. The van der Waals surface area contributed by atoms with Crippen LogP contribution in [-0.2, 0) is 21.2 Å². The molecule has 0 aromatic carbocycles. The standard InChI is InChI=1S/C22H32N2O3S2/c25-20(23-15-22-12-16-8-17(13-22)10-18(9-16)14-22)11-19-4-5-21(28-19)29(26,27)24-6-2-1-3-7-24/h4-5,16-18H,1-3,6-15H2,(H,23,25). The minimum atomic E-state index is -3.40. The Bertz CT molecular complexity index is 835. The van der Waals surface area contributed by atoms with E-state index in [1.807, 2.05) is 6.07 Å². The molecule has 1 N–H and O–H groups in total. The minimum Gasteiger partial charge on any atom is -0.355 e. The van der Waals surface area contributed by atoms with Crippen LogP contribution in [0.2, 0.25) is 0 Å². The SMILES string of the molecule is O=C(Cc1ccc(S(=O)(=O)N2CCCCC2)s1)NCC12CC3CC(CC(C3)C1)C2. The zero-order chi connectivity index (χ0) is 20.1. The lowest BCUT2D eigenvalue weighted by Crippen LogP contribution is -2.51. The molecule has 1 aliphatic heterocycles. The first kappa shape index (κ1) is 20.0. The number of nitrogens with zero attached hydrogens (tertiary/aromatic N) is 1. The maximum Gasteiger partial charge on any atom is 0.252 e. The van der Waals surface area contributed by atoms with Gasteiger partial charge in [-0.15, -0.1) is 11.3 Å². The molecule has 0 unspecified atom stereocenters. The lowest BCUT2D eigenvalue weighted by Gasteiger charge is -2.56. The highest BCUT2D eigenvalue weighted by molar-refractivity contribution is 7.91. The normalized spacial score (nSPS) is 34.4.